The average Bonchev–Trinajstić information content (AvgIpc) is 2.81. The van der Waals surface area contributed by atoms with E-state index in [2.05, 4.69) is 34.6 Å². The summed E-state index contributed by atoms with van der Waals surface area (Å²) in [5.74, 6) is 0. The second kappa shape index (κ2) is 5.99. The van der Waals surface area contributed by atoms with E-state index in [0.717, 1.165) is 13.1 Å². The molecule has 3 nitrogen and oxygen atoms in total. The van der Waals surface area contributed by atoms with Crippen LogP contribution in [0.15, 0.2) is 24.3 Å². The fraction of sp³-hybridized carbons (Fsp3) is 0.538. The minimum atomic E-state index is 0.778. The smallest absolute Gasteiger partial charge is 0.0572 e. The molecule has 1 aliphatic rings. The minimum absolute atomic E-state index is 0.778. The summed E-state index contributed by atoms with van der Waals surface area (Å²) >= 11 is 0. The van der Waals surface area contributed by atoms with Gasteiger partial charge in [-0.1, -0.05) is 24.3 Å². The fourth-order valence-electron chi connectivity index (χ4n) is 2.22. The summed E-state index contributed by atoms with van der Waals surface area (Å²) in [6.45, 7) is 4.33. The third kappa shape index (κ3) is 3.04. The van der Waals surface area contributed by atoms with Crippen molar-refractivity contribution in [2.24, 2.45) is 0 Å². The molecule has 16 heavy (non-hydrogen) atoms. The topological polar surface area (TPSA) is 24.5 Å². The van der Waals surface area contributed by atoms with E-state index in [-0.39, 0.29) is 0 Å². The first-order valence-corrected chi connectivity index (χ1v) is 5.95. The Labute approximate surface area is 97.4 Å². The molecule has 1 aromatic carbocycles. The van der Waals surface area contributed by atoms with E-state index in [0.29, 0.717) is 0 Å². The van der Waals surface area contributed by atoms with E-state index in [1.165, 1.54) is 37.1 Å². The highest BCUT2D eigenvalue weighted by Gasteiger charge is 2.13. The van der Waals surface area contributed by atoms with Gasteiger partial charge in [-0.25, -0.2) is 0 Å². The first-order valence-electron chi connectivity index (χ1n) is 5.95. The van der Waals surface area contributed by atoms with Gasteiger partial charge in [-0.05, 0) is 37.1 Å². The van der Waals surface area contributed by atoms with Crippen LogP contribution in [0.3, 0.4) is 0 Å². The molecule has 0 spiro atoms. The Hall–Kier alpha value is -0.900. The van der Waals surface area contributed by atoms with Crippen LogP contribution in [0.1, 0.15) is 24.0 Å². The molecule has 0 bridgehead atoms. The molecule has 2 rings (SSSR count). The zero-order valence-corrected chi connectivity index (χ0v) is 9.91. The predicted molar refractivity (Wildman–Crippen MR) is 64.8 cm³/mol. The van der Waals surface area contributed by atoms with E-state index in [9.17, 15) is 0 Å². The Morgan fingerprint density at radius 1 is 1.19 bits per heavy atom. The molecule has 0 radical (unpaired) electrons. The van der Waals surface area contributed by atoms with E-state index in [1.54, 1.807) is 7.11 Å². The SMILES string of the molecule is CONCc1ccccc1CN1CCCC1. The molecule has 1 N–H and O–H groups in total. The molecule has 3 heteroatoms. The monoisotopic (exact) mass is 220 g/mol. The molecule has 1 fully saturated rings. The van der Waals surface area contributed by atoms with Gasteiger partial charge in [-0.3, -0.25) is 4.90 Å². The van der Waals surface area contributed by atoms with Gasteiger partial charge in [-0.2, -0.15) is 5.48 Å². The minimum Gasteiger partial charge on any atom is -0.305 e. The highest BCUT2D eigenvalue weighted by molar-refractivity contribution is 5.26. The molecule has 1 saturated heterocycles. The van der Waals surface area contributed by atoms with Gasteiger partial charge < -0.3 is 4.84 Å². The summed E-state index contributed by atoms with van der Waals surface area (Å²) in [5.41, 5.74) is 5.65. The van der Waals surface area contributed by atoms with Crippen LogP contribution in [0.25, 0.3) is 0 Å². The van der Waals surface area contributed by atoms with Crippen LogP contribution in [-0.2, 0) is 17.9 Å². The van der Waals surface area contributed by atoms with Gasteiger partial charge in [0, 0.05) is 13.1 Å². The van der Waals surface area contributed by atoms with Crippen LogP contribution in [0, 0.1) is 0 Å². The normalized spacial score (nSPS) is 16.8. The number of nitrogens with one attached hydrogen (secondary N) is 1. The number of rotatable bonds is 5. The lowest BCUT2D eigenvalue weighted by Crippen LogP contribution is -2.20. The molecular weight excluding hydrogens is 200 g/mol. The van der Waals surface area contributed by atoms with Crippen molar-refractivity contribution in [1.29, 1.82) is 0 Å². The first-order chi connectivity index (χ1) is 7.90. The Morgan fingerprint density at radius 2 is 1.88 bits per heavy atom. The lowest BCUT2D eigenvalue weighted by Gasteiger charge is -2.17. The van der Waals surface area contributed by atoms with E-state index in [1.807, 2.05) is 0 Å². The number of likely N-dealkylation sites (tertiary alicyclic amines) is 1. The molecule has 88 valence electrons. The van der Waals surface area contributed by atoms with Crippen molar-refractivity contribution in [3.05, 3.63) is 35.4 Å². The molecule has 0 aliphatic carbocycles. The van der Waals surface area contributed by atoms with Crippen molar-refractivity contribution in [3.8, 4) is 0 Å². The first kappa shape index (κ1) is 11.6. The fourth-order valence-corrected chi connectivity index (χ4v) is 2.22. The molecule has 0 aromatic heterocycles. The zero-order chi connectivity index (χ0) is 11.2. The molecule has 1 heterocycles. The standard InChI is InChI=1S/C13H20N2O/c1-16-14-10-12-6-2-3-7-13(12)11-15-8-4-5-9-15/h2-3,6-7,14H,4-5,8-11H2,1H3. The van der Waals surface area contributed by atoms with Crippen LogP contribution >= 0.6 is 0 Å². The van der Waals surface area contributed by atoms with Crippen LogP contribution in [0.4, 0.5) is 0 Å². The second-order valence-electron chi connectivity index (χ2n) is 4.28. The largest absolute Gasteiger partial charge is 0.305 e. The van der Waals surface area contributed by atoms with Crippen molar-refractivity contribution >= 4 is 0 Å². The molecule has 1 aliphatic heterocycles. The van der Waals surface area contributed by atoms with Gasteiger partial charge in [0.15, 0.2) is 0 Å². The lowest BCUT2D eigenvalue weighted by molar-refractivity contribution is 0.0864. The summed E-state index contributed by atoms with van der Waals surface area (Å²) < 4.78 is 0. The maximum atomic E-state index is 4.91. The van der Waals surface area contributed by atoms with Gasteiger partial charge in [0.05, 0.1) is 7.11 Å². The quantitative estimate of drug-likeness (QED) is 0.767. The van der Waals surface area contributed by atoms with Crippen LogP contribution in [0.5, 0.6) is 0 Å². The Bertz CT molecular complexity index is 321. The van der Waals surface area contributed by atoms with Gasteiger partial charge in [0.1, 0.15) is 0 Å². The summed E-state index contributed by atoms with van der Waals surface area (Å²) in [5, 5.41) is 0. The number of hydrogen-bond donors (Lipinski definition) is 1. The van der Waals surface area contributed by atoms with E-state index in [4.69, 9.17) is 4.84 Å². The maximum Gasteiger partial charge on any atom is 0.0572 e. The molecule has 1 aromatic rings. The third-order valence-corrected chi connectivity index (χ3v) is 3.12. The highest BCUT2D eigenvalue weighted by Crippen LogP contribution is 2.15. The number of hydroxylamine groups is 1. The summed E-state index contributed by atoms with van der Waals surface area (Å²) in [6, 6.07) is 8.57. The van der Waals surface area contributed by atoms with Crippen molar-refractivity contribution in [2.45, 2.75) is 25.9 Å². The molecular formula is C13H20N2O. The molecule has 0 atom stereocenters. The van der Waals surface area contributed by atoms with Crippen LogP contribution < -0.4 is 5.48 Å². The van der Waals surface area contributed by atoms with Crippen LogP contribution in [-0.4, -0.2) is 25.1 Å². The van der Waals surface area contributed by atoms with Crippen molar-refractivity contribution in [3.63, 3.8) is 0 Å². The number of nitrogens with zero attached hydrogens (tertiary/aromatic N) is 1. The van der Waals surface area contributed by atoms with Crippen molar-refractivity contribution in [1.82, 2.24) is 10.4 Å². The third-order valence-electron chi connectivity index (χ3n) is 3.12. The van der Waals surface area contributed by atoms with Crippen molar-refractivity contribution in [2.75, 3.05) is 20.2 Å². The second-order valence-corrected chi connectivity index (χ2v) is 4.28. The van der Waals surface area contributed by atoms with E-state index < -0.39 is 0 Å². The van der Waals surface area contributed by atoms with E-state index >= 15 is 0 Å². The predicted octanol–water partition coefficient (Wildman–Crippen LogP) is 1.93. The Balaban J connectivity index is 2.00. The number of hydrogen-bond acceptors (Lipinski definition) is 3. The zero-order valence-electron chi connectivity index (χ0n) is 9.91. The molecule has 0 unspecified atom stereocenters. The Morgan fingerprint density at radius 3 is 2.56 bits per heavy atom. The highest BCUT2D eigenvalue weighted by atomic mass is 16.6. The van der Waals surface area contributed by atoms with Gasteiger partial charge in [0.25, 0.3) is 0 Å². The maximum absolute atomic E-state index is 4.91. The number of benzene rings is 1. The van der Waals surface area contributed by atoms with Gasteiger partial charge >= 0.3 is 0 Å². The van der Waals surface area contributed by atoms with Gasteiger partial charge in [0.2, 0.25) is 0 Å². The molecule has 0 amide bonds. The van der Waals surface area contributed by atoms with Crippen molar-refractivity contribution < 1.29 is 4.84 Å². The summed E-state index contributed by atoms with van der Waals surface area (Å²) in [4.78, 5) is 7.43. The Kier molecular flexibility index (Phi) is 4.34. The van der Waals surface area contributed by atoms with Crippen LogP contribution in [0.2, 0.25) is 0 Å². The molecule has 0 saturated carbocycles. The average molecular weight is 220 g/mol. The van der Waals surface area contributed by atoms with Gasteiger partial charge in [-0.15, -0.1) is 0 Å². The summed E-state index contributed by atoms with van der Waals surface area (Å²) in [7, 11) is 1.66. The lowest BCUT2D eigenvalue weighted by atomic mass is 10.1. The summed E-state index contributed by atoms with van der Waals surface area (Å²) in [6.07, 6.45) is 2.69.